The molecule has 168 valence electrons. The maximum Gasteiger partial charge on any atom is 0.312 e. The second kappa shape index (κ2) is 10.7. The van der Waals surface area contributed by atoms with E-state index in [1.165, 1.54) is 0 Å². The second-order valence-electron chi connectivity index (χ2n) is 8.05. The van der Waals surface area contributed by atoms with Gasteiger partial charge in [-0.05, 0) is 38.1 Å². The zero-order valence-electron chi connectivity index (χ0n) is 17.3. The number of rotatable bonds is 4. The molecule has 0 radical (unpaired) electrons. The van der Waals surface area contributed by atoms with Crippen LogP contribution in [0, 0.1) is 5.41 Å². The Hall–Kier alpha value is -1.54. The molecule has 1 N–H and O–H groups in total. The van der Waals surface area contributed by atoms with Gasteiger partial charge in [-0.15, -0.1) is 24.8 Å². The van der Waals surface area contributed by atoms with E-state index in [1.54, 1.807) is 7.11 Å². The van der Waals surface area contributed by atoms with E-state index >= 15 is 0 Å². The molecule has 7 nitrogen and oxygen atoms in total. The highest BCUT2D eigenvalue weighted by atomic mass is 35.5. The van der Waals surface area contributed by atoms with Crippen molar-refractivity contribution < 1.29 is 19.1 Å². The normalized spacial score (nSPS) is 23.3. The first-order chi connectivity index (χ1) is 13.6. The summed E-state index contributed by atoms with van der Waals surface area (Å²) < 4.78 is 11.0. The third-order valence-corrected chi connectivity index (χ3v) is 6.34. The Morgan fingerprint density at radius 3 is 2.50 bits per heavy atom. The molecule has 30 heavy (non-hydrogen) atoms. The average Bonchev–Trinajstić information content (AvgIpc) is 3.02. The number of amides is 1. The number of piperazine rings is 1. The van der Waals surface area contributed by atoms with Gasteiger partial charge in [-0.2, -0.15) is 0 Å². The zero-order chi connectivity index (χ0) is 19.6. The van der Waals surface area contributed by atoms with Crippen LogP contribution in [0.5, 0.6) is 5.75 Å². The Kier molecular flexibility index (Phi) is 8.79. The van der Waals surface area contributed by atoms with E-state index < -0.39 is 0 Å². The van der Waals surface area contributed by atoms with E-state index in [0.29, 0.717) is 24.4 Å². The number of hydrogen-bond acceptors (Lipinski definition) is 6. The monoisotopic (exact) mass is 459 g/mol. The van der Waals surface area contributed by atoms with Gasteiger partial charge in [0.25, 0.3) is 5.91 Å². The first-order valence-corrected chi connectivity index (χ1v) is 10.2. The number of halogens is 2. The van der Waals surface area contributed by atoms with Gasteiger partial charge in [0, 0.05) is 39.1 Å². The van der Waals surface area contributed by atoms with E-state index in [2.05, 4.69) is 10.2 Å². The summed E-state index contributed by atoms with van der Waals surface area (Å²) in [5.74, 6) is 0.613. The van der Waals surface area contributed by atoms with Crippen molar-refractivity contribution in [2.45, 2.75) is 25.4 Å². The van der Waals surface area contributed by atoms with E-state index in [0.717, 1.165) is 52.0 Å². The minimum Gasteiger partial charge on any atom is -0.496 e. The van der Waals surface area contributed by atoms with Gasteiger partial charge < -0.3 is 19.7 Å². The van der Waals surface area contributed by atoms with Crippen molar-refractivity contribution in [2.24, 2.45) is 5.41 Å². The predicted molar refractivity (Wildman–Crippen MR) is 119 cm³/mol. The van der Waals surface area contributed by atoms with Gasteiger partial charge in [0.15, 0.2) is 0 Å². The van der Waals surface area contributed by atoms with Gasteiger partial charge in [0.05, 0.1) is 18.1 Å². The Balaban J connectivity index is 0.00000160. The highest BCUT2D eigenvalue weighted by Gasteiger charge is 2.49. The molecule has 1 atom stereocenters. The molecule has 3 aliphatic rings. The number of nitrogens with one attached hydrogen (secondary N) is 1. The molecule has 0 bridgehead atoms. The third kappa shape index (κ3) is 5.02. The predicted octanol–water partition coefficient (Wildman–Crippen LogP) is 1.98. The standard InChI is InChI=1S/C21H29N3O4.2ClH/c1-27-18-5-3-2-4-17(18)19(25)24-12-10-23(11-13-24)15-16-14-21(20(26)28-16)6-8-22-9-7-21;;/h2-5,16,22H,6-15H2,1H3;2*1H. The van der Waals surface area contributed by atoms with Crippen LogP contribution in [0.3, 0.4) is 0 Å². The van der Waals surface area contributed by atoms with E-state index in [-0.39, 0.29) is 48.2 Å². The minimum absolute atomic E-state index is 0. The van der Waals surface area contributed by atoms with Crippen molar-refractivity contribution in [2.75, 3.05) is 52.9 Å². The smallest absolute Gasteiger partial charge is 0.312 e. The van der Waals surface area contributed by atoms with Crippen LogP contribution in [0.1, 0.15) is 29.6 Å². The number of esters is 1. The molecular weight excluding hydrogens is 429 g/mol. The largest absolute Gasteiger partial charge is 0.496 e. The molecule has 3 fully saturated rings. The van der Waals surface area contributed by atoms with Crippen LogP contribution < -0.4 is 10.1 Å². The van der Waals surface area contributed by atoms with Crippen LogP contribution in [0.4, 0.5) is 0 Å². The van der Waals surface area contributed by atoms with Gasteiger partial charge in [-0.1, -0.05) is 12.1 Å². The lowest BCUT2D eigenvalue weighted by Gasteiger charge is -2.36. The zero-order valence-corrected chi connectivity index (χ0v) is 18.9. The number of hydrogen-bond donors (Lipinski definition) is 1. The average molecular weight is 460 g/mol. The molecule has 3 heterocycles. The quantitative estimate of drug-likeness (QED) is 0.694. The van der Waals surface area contributed by atoms with E-state index in [9.17, 15) is 9.59 Å². The van der Waals surface area contributed by atoms with Crippen LogP contribution in [0.25, 0.3) is 0 Å². The highest BCUT2D eigenvalue weighted by Crippen LogP contribution is 2.41. The first-order valence-electron chi connectivity index (χ1n) is 10.2. The number of benzene rings is 1. The fourth-order valence-electron chi connectivity index (χ4n) is 4.67. The summed E-state index contributed by atoms with van der Waals surface area (Å²) in [6.07, 6.45) is 2.56. The highest BCUT2D eigenvalue weighted by molar-refractivity contribution is 5.97. The molecule has 0 aromatic heterocycles. The van der Waals surface area contributed by atoms with Crippen LogP contribution in [0.2, 0.25) is 0 Å². The summed E-state index contributed by atoms with van der Waals surface area (Å²) in [5.41, 5.74) is 0.341. The van der Waals surface area contributed by atoms with Gasteiger partial charge in [-0.3, -0.25) is 14.5 Å². The van der Waals surface area contributed by atoms with Crippen LogP contribution in [-0.4, -0.2) is 80.7 Å². The summed E-state index contributed by atoms with van der Waals surface area (Å²) in [5, 5.41) is 3.33. The van der Waals surface area contributed by atoms with Gasteiger partial charge in [0.2, 0.25) is 0 Å². The number of ether oxygens (including phenoxy) is 2. The Morgan fingerprint density at radius 2 is 1.83 bits per heavy atom. The summed E-state index contributed by atoms with van der Waals surface area (Å²) >= 11 is 0. The molecule has 1 spiro atoms. The lowest BCUT2D eigenvalue weighted by atomic mass is 9.76. The molecule has 1 unspecified atom stereocenters. The number of nitrogens with zero attached hydrogens (tertiary/aromatic N) is 2. The Morgan fingerprint density at radius 1 is 1.17 bits per heavy atom. The Labute approximate surface area is 190 Å². The fraction of sp³-hybridized carbons (Fsp3) is 0.619. The van der Waals surface area contributed by atoms with Crippen LogP contribution in [0.15, 0.2) is 24.3 Å². The van der Waals surface area contributed by atoms with Crippen molar-refractivity contribution in [3.63, 3.8) is 0 Å². The second-order valence-corrected chi connectivity index (χ2v) is 8.05. The van der Waals surface area contributed by atoms with Crippen molar-refractivity contribution in [1.82, 2.24) is 15.1 Å². The lowest BCUT2D eigenvalue weighted by Crippen LogP contribution is -2.50. The van der Waals surface area contributed by atoms with Gasteiger partial charge >= 0.3 is 5.97 Å². The Bertz CT molecular complexity index is 735. The molecule has 1 aromatic carbocycles. The van der Waals surface area contributed by atoms with Crippen LogP contribution in [-0.2, 0) is 9.53 Å². The third-order valence-electron chi connectivity index (χ3n) is 6.34. The van der Waals surface area contributed by atoms with E-state index in [4.69, 9.17) is 9.47 Å². The van der Waals surface area contributed by atoms with E-state index in [1.807, 2.05) is 29.2 Å². The molecule has 0 saturated carbocycles. The van der Waals surface area contributed by atoms with Crippen LogP contribution >= 0.6 is 24.8 Å². The lowest BCUT2D eigenvalue weighted by molar-refractivity contribution is -0.150. The summed E-state index contributed by atoms with van der Waals surface area (Å²) in [6, 6.07) is 7.35. The molecule has 9 heteroatoms. The molecule has 0 aliphatic carbocycles. The number of para-hydroxylation sites is 1. The summed E-state index contributed by atoms with van der Waals surface area (Å²) in [7, 11) is 1.59. The number of cyclic esters (lactones) is 1. The number of carbonyl (C=O) groups is 2. The maximum atomic E-state index is 12.8. The number of methoxy groups -OCH3 is 1. The van der Waals surface area contributed by atoms with Crippen molar-refractivity contribution in [3.05, 3.63) is 29.8 Å². The number of carbonyl (C=O) groups excluding carboxylic acids is 2. The molecule has 4 rings (SSSR count). The first kappa shape index (κ1) is 24.7. The SMILES string of the molecule is COc1ccccc1C(=O)N1CCN(CC2CC3(CCNCC3)C(=O)O2)CC1.Cl.Cl. The van der Waals surface area contributed by atoms with Gasteiger partial charge in [-0.25, -0.2) is 0 Å². The minimum atomic E-state index is -0.266. The van der Waals surface area contributed by atoms with Crippen molar-refractivity contribution >= 4 is 36.7 Å². The summed E-state index contributed by atoms with van der Waals surface area (Å²) in [6.45, 7) is 5.49. The molecular formula is C21H31Cl2N3O4. The molecule has 1 aromatic rings. The topological polar surface area (TPSA) is 71.1 Å². The van der Waals surface area contributed by atoms with Crippen molar-refractivity contribution in [1.29, 1.82) is 0 Å². The van der Waals surface area contributed by atoms with Crippen molar-refractivity contribution in [3.8, 4) is 5.75 Å². The molecule has 1 amide bonds. The van der Waals surface area contributed by atoms with Gasteiger partial charge in [0.1, 0.15) is 11.9 Å². The molecule has 3 saturated heterocycles. The fourth-order valence-corrected chi connectivity index (χ4v) is 4.67. The number of piperidine rings is 1. The maximum absolute atomic E-state index is 12.8. The summed E-state index contributed by atoms with van der Waals surface area (Å²) in [4.78, 5) is 29.4. The molecule has 3 aliphatic heterocycles.